The molecule has 1 rings (SSSR count). The molecule has 1 saturated heterocycles. The molecule has 136 valence electrons. The van der Waals surface area contributed by atoms with Crippen LogP contribution >= 0.6 is 0 Å². The van der Waals surface area contributed by atoms with Crippen molar-refractivity contribution in [2.75, 3.05) is 19.8 Å². The van der Waals surface area contributed by atoms with Crippen molar-refractivity contribution in [2.24, 2.45) is 0 Å². The third kappa shape index (κ3) is 4.87. The molecule has 23 heavy (non-hydrogen) atoms. The summed E-state index contributed by atoms with van der Waals surface area (Å²) in [6.07, 6.45) is -13.4. The van der Waals surface area contributed by atoms with Crippen LogP contribution in [0.3, 0.4) is 0 Å². The fourth-order valence-corrected chi connectivity index (χ4v) is 1.99. The quantitative estimate of drug-likeness (QED) is 0.209. The van der Waals surface area contributed by atoms with E-state index in [4.69, 9.17) is 19.7 Å². The molecule has 8 N–H and O–H groups in total. The fourth-order valence-electron chi connectivity index (χ4n) is 1.99. The molecule has 0 amide bonds. The van der Waals surface area contributed by atoms with E-state index in [1.54, 1.807) is 0 Å². The van der Waals surface area contributed by atoms with Gasteiger partial charge in [0.25, 0.3) is 0 Å². The normalized spacial score (nSPS) is 35.6. The van der Waals surface area contributed by atoms with Crippen molar-refractivity contribution < 1.29 is 55.1 Å². The topological polar surface area (TPSA) is 197 Å². The van der Waals surface area contributed by atoms with Crippen LogP contribution in [0.5, 0.6) is 0 Å². The molecule has 0 aromatic heterocycles. The third-order valence-corrected chi connectivity index (χ3v) is 3.48. The molecule has 0 bridgehead atoms. The average Bonchev–Trinajstić information content (AvgIpc) is 2.56. The van der Waals surface area contributed by atoms with Crippen LogP contribution in [0.2, 0.25) is 0 Å². The zero-order valence-corrected chi connectivity index (χ0v) is 12.0. The number of carbonyl (C=O) groups is 1. The molecule has 0 aromatic rings. The van der Waals surface area contributed by atoms with Crippen LogP contribution in [0.4, 0.5) is 0 Å². The lowest BCUT2D eigenvalue weighted by molar-refractivity contribution is -0.306. The average molecular weight is 342 g/mol. The van der Waals surface area contributed by atoms with Crippen LogP contribution in [0.1, 0.15) is 0 Å². The zero-order chi connectivity index (χ0) is 17.7. The smallest absolute Gasteiger partial charge is 0.189 e. The molecule has 0 aliphatic carbocycles. The summed E-state index contributed by atoms with van der Waals surface area (Å²) in [7, 11) is 0. The van der Waals surface area contributed by atoms with E-state index >= 15 is 0 Å². The summed E-state index contributed by atoms with van der Waals surface area (Å²) >= 11 is 0. The van der Waals surface area contributed by atoms with Crippen molar-refractivity contribution in [1.29, 1.82) is 0 Å². The molecule has 0 saturated carbocycles. The maximum absolute atomic E-state index is 11.0. The Bertz CT molecular complexity index is 376. The van der Waals surface area contributed by atoms with E-state index in [0.29, 0.717) is 0 Å². The van der Waals surface area contributed by atoms with Crippen molar-refractivity contribution in [1.82, 2.24) is 0 Å². The number of carbonyl (C=O) groups excluding carboxylic acids is 1. The molecule has 8 atom stereocenters. The first kappa shape index (κ1) is 20.3. The van der Waals surface area contributed by atoms with Crippen molar-refractivity contribution in [3.63, 3.8) is 0 Å². The van der Waals surface area contributed by atoms with E-state index in [0.717, 1.165) is 0 Å². The van der Waals surface area contributed by atoms with Crippen LogP contribution in [0.15, 0.2) is 0 Å². The van der Waals surface area contributed by atoms with E-state index in [1.165, 1.54) is 0 Å². The lowest BCUT2D eigenvalue weighted by Crippen LogP contribution is -2.59. The minimum Gasteiger partial charge on any atom is -0.394 e. The van der Waals surface area contributed by atoms with Gasteiger partial charge < -0.3 is 50.3 Å². The predicted molar refractivity (Wildman–Crippen MR) is 69.8 cm³/mol. The number of aliphatic hydroxyl groups is 8. The largest absolute Gasteiger partial charge is 0.394 e. The monoisotopic (exact) mass is 342 g/mol. The molecule has 1 fully saturated rings. The van der Waals surface area contributed by atoms with Crippen molar-refractivity contribution in [3.05, 3.63) is 0 Å². The SMILES string of the molecule is O=C(CO)C(O)C(O)C(O)CO[C@H]1O[C@H](CO)[C@@H](O)[C@H](O)[C@H]1O. The minimum atomic E-state index is -2.03. The van der Waals surface area contributed by atoms with E-state index in [9.17, 15) is 35.4 Å². The standard InChI is InChI=1S/C12H22O11/c13-1-4(15)7(17)8(18)5(16)3-22-12-11(21)10(20)9(19)6(2-14)23-12/h5-14,16-21H,1-3H2/t5?,6-,7?,8?,9-,10+,11-,12+/m1/s1. The zero-order valence-electron chi connectivity index (χ0n) is 12.0. The number of ketones is 1. The summed E-state index contributed by atoms with van der Waals surface area (Å²) in [4.78, 5) is 11.0. The van der Waals surface area contributed by atoms with E-state index in [2.05, 4.69) is 0 Å². The maximum atomic E-state index is 11.0. The number of rotatable bonds is 8. The van der Waals surface area contributed by atoms with Crippen LogP contribution < -0.4 is 0 Å². The van der Waals surface area contributed by atoms with Gasteiger partial charge in [-0.2, -0.15) is 0 Å². The van der Waals surface area contributed by atoms with Crippen molar-refractivity contribution >= 4 is 5.78 Å². The lowest BCUT2D eigenvalue weighted by Gasteiger charge is -2.40. The van der Waals surface area contributed by atoms with Crippen LogP contribution in [-0.4, -0.2) is 115 Å². The number of ether oxygens (including phenoxy) is 2. The van der Waals surface area contributed by atoms with Gasteiger partial charge in [0, 0.05) is 0 Å². The highest BCUT2D eigenvalue weighted by molar-refractivity contribution is 5.84. The third-order valence-electron chi connectivity index (χ3n) is 3.48. The summed E-state index contributed by atoms with van der Waals surface area (Å²) < 4.78 is 9.94. The van der Waals surface area contributed by atoms with Crippen LogP contribution in [0, 0.1) is 0 Å². The Hall–Kier alpha value is -0.730. The second-order valence-electron chi connectivity index (χ2n) is 5.16. The first-order valence-electron chi connectivity index (χ1n) is 6.84. The molecule has 0 aromatic carbocycles. The summed E-state index contributed by atoms with van der Waals surface area (Å²) in [5.41, 5.74) is 0. The Kier molecular flexibility index (Phi) is 7.89. The highest BCUT2D eigenvalue weighted by Gasteiger charge is 2.44. The molecule has 11 heteroatoms. The van der Waals surface area contributed by atoms with E-state index < -0.39 is 74.6 Å². The van der Waals surface area contributed by atoms with Gasteiger partial charge in [-0.15, -0.1) is 0 Å². The Balaban J connectivity index is 2.57. The highest BCUT2D eigenvalue weighted by Crippen LogP contribution is 2.22. The van der Waals surface area contributed by atoms with Crippen LogP contribution in [-0.2, 0) is 14.3 Å². The highest BCUT2D eigenvalue weighted by atomic mass is 16.7. The summed E-state index contributed by atoms with van der Waals surface area (Å²) in [6, 6.07) is 0. The van der Waals surface area contributed by atoms with Gasteiger partial charge in [-0.25, -0.2) is 0 Å². The lowest BCUT2D eigenvalue weighted by atomic mass is 9.99. The first-order valence-corrected chi connectivity index (χ1v) is 6.84. The second kappa shape index (κ2) is 8.94. The van der Waals surface area contributed by atoms with Gasteiger partial charge >= 0.3 is 0 Å². The van der Waals surface area contributed by atoms with Gasteiger partial charge in [0.15, 0.2) is 12.1 Å². The fraction of sp³-hybridized carbons (Fsp3) is 0.917. The Morgan fingerprint density at radius 2 is 1.65 bits per heavy atom. The molecular formula is C12H22O11. The number of hydrogen-bond donors (Lipinski definition) is 8. The number of hydrogen-bond acceptors (Lipinski definition) is 11. The first-order chi connectivity index (χ1) is 10.7. The molecular weight excluding hydrogens is 320 g/mol. The molecule has 0 spiro atoms. The Labute approximate surface area is 130 Å². The minimum absolute atomic E-state index is 0.667. The van der Waals surface area contributed by atoms with E-state index in [-0.39, 0.29) is 0 Å². The molecule has 1 aliphatic rings. The van der Waals surface area contributed by atoms with E-state index in [1.807, 2.05) is 0 Å². The number of aliphatic hydroxyl groups excluding tert-OH is 8. The van der Waals surface area contributed by atoms with Gasteiger partial charge in [-0.1, -0.05) is 0 Å². The summed E-state index contributed by atoms with van der Waals surface area (Å²) in [6.45, 7) is -2.40. The van der Waals surface area contributed by atoms with Gasteiger partial charge in [0.05, 0.1) is 13.2 Å². The maximum Gasteiger partial charge on any atom is 0.189 e. The second-order valence-corrected chi connectivity index (χ2v) is 5.16. The molecule has 0 radical (unpaired) electrons. The Morgan fingerprint density at radius 1 is 1.04 bits per heavy atom. The number of Topliss-reactive ketones (excluding diaryl/α,β-unsaturated/α-hetero) is 1. The molecule has 11 nitrogen and oxygen atoms in total. The van der Waals surface area contributed by atoms with Gasteiger partial charge in [0.2, 0.25) is 0 Å². The molecule has 3 unspecified atom stereocenters. The van der Waals surface area contributed by atoms with Crippen LogP contribution in [0.25, 0.3) is 0 Å². The summed E-state index contributed by atoms with van der Waals surface area (Å²) in [5, 5.41) is 74.8. The molecule has 1 heterocycles. The van der Waals surface area contributed by atoms with Gasteiger partial charge in [-0.3, -0.25) is 4.79 Å². The van der Waals surface area contributed by atoms with Gasteiger partial charge in [-0.05, 0) is 0 Å². The van der Waals surface area contributed by atoms with Crippen molar-refractivity contribution in [3.8, 4) is 0 Å². The predicted octanol–water partition coefficient (Wildman–Crippen LogP) is -5.55. The van der Waals surface area contributed by atoms with Gasteiger partial charge in [0.1, 0.15) is 49.3 Å². The Morgan fingerprint density at radius 3 is 2.17 bits per heavy atom. The summed E-state index contributed by atoms with van der Waals surface area (Å²) in [5.74, 6) is -1.11. The molecule has 1 aliphatic heterocycles. The van der Waals surface area contributed by atoms with Crippen molar-refractivity contribution in [2.45, 2.75) is 49.0 Å².